The Hall–Kier alpha value is -2.83. The van der Waals surface area contributed by atoms with E-state index < -0.39 is 10.7 Å². The van der Waals surface area contributed by atoms with Crippen molar-refractivity contribution < 1.29 is 14.0 Å². The molecule has 1 spiro atoms. The smallest absolute Gasteiger partial charge is 0.269 e. The molecule has 7 heteroatoms. The number of amides is 2. The molecule has 1 fully saturated rings. The minimum absolute atomic E-state index is 0.0902. The molecule has 0 N–H and O–H groups in total. The Morgan fingerprint density at radius 1 is 1.06 bits per heavy atom. The first kappa shape index (κ1) is 20.1. The summed E-state index contributed by atoms with van der Waals surface area (Å²) < 4.78 is 13.8. The maximum atomic E-state index is 13.9. The molecule has 0 aromatic heterocycles. The molecule has 3 aromatic rings. The number of anilines is 2. The lowest BCUT2D eigenvalue weighted by atomic mass is 10.0. The largest absolute Gasteiger partial charge is 0.304 e. The maximum Gasteiger partial charge on any atom is 0.269 e. The van der Waals surface area contributed by atoms with Crippen LogP contribution in [0.5, 0.6) is 0 Å². The predicted molar refractivity (Wildman–Crippen MR) is 122 cm³/mol. The van der Waals surface area contributed by atoms with Crippen LogP contribution in [-0.4, -0.2) is 17.6 Å². The number of aryl methyl sites for hydroxylation is 1. The van der Waals surface area contributed by atoms with Crippen molar-refractivity contribution in [3.05, 3.63) is 94.3 Å². The zero-order valence-electron chi connectivity index (χ0n) is 16.6. The average molecular weight is 453 g/mol. The van der Waals surface area contributed by atoms with E-state index in [-0.39, 0.29) is 22.6 Å². The molecule has 2 heterocycles. The fourth-order valence-corrected chi connectivity index (χ4v) is 5.75. The van der Waals surface area contributed by atoms with Crippen molar-refractivity contribution in [2.75, 3.05) is 15.6 Å². The molecule has 0 saturated carbocycles. The molecule has 2 aliphatic heterocycles. The molecule has 2 aliphatic rings. The molecule has 31 heavy (non-hydrogen) atoms. The topological polar surface area (TPSA) is 40.6 Å². The minimum Gasteiger partial charge on any atom is -0.304 e. The van der Waals surface area contributed by atoms with Gasteiger partial charge in [0.15, 0.2) is 0 Å². The summed E-state index contributed by atoms with van der Waals surface area (Å²) in [6, 6.07) is 19.7. The van der Waals surface area contributed by atoms with E-state index in [1.54, 1.807) is 4.90 Å². The molecule has 3 aromatic carbocycles. The summed E-state index contributed by atoms with van der Waals surface area (Å²) in [6.07, 6.45) is 0. The van der Waals surface area contributed by atoms with E-state index in [4.69, 9.17) is 11.6 Å². The molecule has 2 amide bonds. The Morgan fingerprint density at radius 2 is 1.81 bits per heavy atom. The highest BCUT2D eigenvalue weighted by molar-refractivity contribution is 8.02. The molecule has 0 aliphatic carbocycles. The SMILES string of the molecule is Cc1ccc(CN2C(=O)[C@@]3(SCC(=O)N3c3ccc(F)c(Cl)c3)c3ccccc32)cc1. The van der Waals surface area contributed by atoms with Gasteiger partial charge in [-0.2, -0.15) is 0 Å². The maximum absolute atomic E-state index is 13.9. The van der Waals surface area contributed by atoms with Gasteiger partial charge in [0.2, 0.25) is 10.8 Å². The van der Waals surface area contributed by atoms with E-state index in [2.05, 4.69) is 0 Å². The highest BCUT2D eigenvalue weighted by Crippen LogP contribution is 2.56. The third-order valence-corrected chi connectivity index (χ3v) is 7.36. The van der Waals surface area contributed by atoms with Crippen LogP contribution in [-0.2, 0) is 21.0 Å². The number of hydrogen-bond donors (Lipinski definition) is 0. The van der Waals surface area contributed by atoms with E-state index >= 15 is 0 Å². The van der Waals surface area contributed by atoms with Crippen molar-refractivity contribution in [1.82, 2.24) is 0 Å². The van der Waals surface area contributed by atoms with Gasteiger partial charge < -0.3 is 4.90 Å². The Labute approximate surface area is 188 Å². The Bertz CT molecular complexity index is 1220. The third-order valence-electron chi connectivity index (χ3n) is 5.69. The van der Waals surface area contributed by atoms with Gasteiger partial charge in [0, 0.05) is 11.3 Å². The number of nitrogens with zero attached hydrogens (tertiary/aromatic N) is 2. The number of benzene rings is 3. The second kappa shape index (κ2) is 7.39. The van der Waals surface area contributed by atoms with Crippen LogP contribution in [0.25, 0.3) is 0 Å². The lowest BCUT2D eigenvalue weighted by Gasteiger charge is -2.33. The van der Waals surface area contributed by atoms with Gasteiger partial charge in [0.25, 0.3) is 5.91 Å². The van der Waals surface area contributed by atoms with Gasteiger partial charge in [-0.15, -0.1) is 11.8 Å². The van der Waals surface area contributed by atoms with Crippen LogP contribution in [0.2, 0.25) is 5.02 Å². The zero-order valence-corrected chi connectivity index (χ0v) is 18.2. The number of hydrogen-bond acceptors (Lipinski definition) is 3. The van der Waals surface area contributed by atoms with E-state index in [1.807, 2.05) is 55.5 Å². The molecule has 0 bridgehead atoms. The number of para-hydroxylation sites is 1. The summed E-state index contributed by atoms with van der Waals surface area (Å²) in [4.78, 5) is 28.9. The lowest BCUT2D eigenvalue weighted by molar-refractivity contribution is -0.123. The Kier molecular flexibility index (Phi) is 4.79. The van der Waals surface area contributed by atoms with Gasteiger partial charge in [-0.05, 0) is 36.8 Å². The van der Waals surface area contributed by atoms with Crippen LogP contribution >= 0.6 is 23.4 Å². The van der Waals surface area contributed by atoms with Gasteiger partial charge in [-0.3, -0.25) is 14.5 Å². The standard InChI is InChI=1S/C24H18ClFN2O2S/c1-15-6-8-16(9-7-15)13-27-21-5-3-2-4-18(21)24(23(27)30)28(22(29)14-31-24)17-10-11-20(26)19(25)12-17/h2-12H,13-14H2,1H3/t24-/m0/s1. The van der Waals surface area contributed by atoms with Crippen molar-refractivity contribution in [3.8, 4) is 0 Å². The monoisotopic (exact) mass is 452 g/mol. The molecular formula is C24H18ClFN2O2S. The second-order valence-corrected chi connectivity index (χ2v) is 9.23. The predicted octanol–water partition coefficient (Wildman–Crippen LogP) is 5.27. The third kappa shape index (κ3) is 3.05. The first-order chi connectivity index (χ1) is 14.9. The van der Waals surface area contributed by atoms with Crippen LogP contribution in [0.3, 0.4) is 0 Å². The second-order valence-electron chi connectivity index (χ2n) is 7.65. The Morgan fingerprint density at radius 3 is 2.55 bits per heavy atom. The van der Waals surface area contributed by atoms with E-state index in [1.165, 1.54) is 34.9 Å². The number of carbonyl (C=O) groups is 2. The van der Waals surface area contributed by atoms with E-state index in [9.17, 15) is 14.0 Å². The highest BCUT2D eigenvalue weighted by atomic mass is 35.5. The number of carbonyl (C=O) groups excluding carboxylic acids is 2. The van der Waals surface area contributed by atoms with Crippen LogP contribution < -0.4 is 9.80 Å². The van der Waals surface area contributed by atoms with Crippen molar-refractivity contribution in [2.45, 2.75) is 18.3 Å². The summed E-state index contributed by atoms with van der Waals surface area (Å²) in [6.45, 7) is 2.41. The molecule has 0 unspecified atom stereocenters. The highest BCUT2D eigenvalue weighted by Gasteiger charge is 2.60. The van der Waals surface area contributed by atoms with Crippen molar-refractivity contribution in [2.24, 2.45) is 0 Å². The first-order valence-corrected chi connectivity index (χ1v) is 11.2. The van der Waals surface area contributed by atoms with E-state index in [0.717, 1.165) is 22.4 Å². The van der Waals surface area contributed by atoms with Crippen molar-refractivity contribution in [3.63, 3.8) is 0 Å². The average Bonchev–Trinajstić information content (AvgIpc) is 3.23. The molecule has 156 valence electrons. The summed E-state index contributed by atoms with van der Waals surface area (Å²) in [5, 5.41) is -0.0902. The summed E-state index contributed by atoms with van der Waals surface area (Å²) in [5.74, 6) is -0.829. The quantitative estimate of drug-likeness (QED) is 0.543. The fraction of sp³-hybridized carbons (Fsp3) is 0.167. The van der Waals surface area contributed by atoms with Gasteiger partial charge in [0.05, 0.1) is 23.0 Å². The number of fused-ring (bicyclic) bond motifs is 2. The van der Waals surface area contributed by atoms with Gasteiger partial charge in [-0.1, -0.05) is 59.6 Å². The minimum atomic E-state index is -1.24. The van der Waals surface area contributed by atoms with Gasteiger partial charge >= 0.3 is 0 Å². The molecule has 0 radical (unpaired) electrons. The molecule has 4 nitrogen and oxygen atoms in total. The number of thioether (sulfide) groups is 1. The van der Waals surface area contributed by atoms with Gasteiger partial charge in [-0.25, -0.2) is 4.39 Å². The number of rotatable bonds is 3. The molecule has 5 rings (SSSR count). The molecule has 1 saturated heterocycles. The summed E-state index contributed by atoms with van der Waals surface area (Å²) in [5.41, 5.74) is 4.07. The summed E-state index contributed by atoms with van der Waals surface area (Å²) >= 11 is 7.29. The van der Waals surface area contributed by atoms with E-state index in [0.29, 0.717) is 12.2 Å². The normalized spacial score (nSPS) is 20.1. The van der Waals surface area contributed by atoms with Crippen LogP contribution in [0, 0.1) is 12.7 Å². The van der Waals surface area contributed by atoms with Crippen molar-refractivity contribution in [1.29, 1.82) is 0 Å². The van der Waals surface area contributed by atoms with Crippen LogP contribution in [0.15, 0.2) is 66.7 Å². The van der Waals surface area contributed by atoms with Crippen molar-refractivity contribution >= 4 is 46.6 Å². The molecular weight excluding hydrogens is 435 g/mol. The zero-order chi connectivity index (χ0) is 21.8. The fourth-order valence-electron chi connectivity index (χ4n) is 4.21. The van der Waals surface area contributed by atoms with Crippen LogP contribution in [0.1, 0.15) is 16.7 Å². The Balaban J connectivity index is 1.63. The van der Waals surface area contributed by atoms with Gasteiger partial charge in [0.1, 0.15) is 5.82 Å². The summed E-state index contributed by atoms with van der Waals surface area (Å²) in [7, 11) is 0. The van der Waals surface area contributed by atoms with Crippen LogP contribution in [0.4, 0.5) is 15.8 Å². The number of halogens is 2. The lowest BCUT2D eigenvalue weighted by Crippen LogP contribution is -2.49. The first-order valence-electron chi connectivity index (χ1n) is 9.81. The molecule has 1 atom stereocenters.